The third kappa shape index (κ3) is 4.00. The average Bonchev–Trinajstić information content (AvgIpc) is 3.08. The van der Waals surface area contributed by atoms with Crippen LogP contribution in [0.2, 0.25) is 0 Å². The van der Waals surface area contributed by atoms with Gasteiger partial charge in [0.05, 0.1) is 16.8 Å². The van der Waals surface area contributed by atoms with Gasteiger partial charge in [0.15, 0.2) is 0 Å². The summed E-state index contributed by atoms with van der Waals surface area (Å²) in [6, 6.07) is 0. The maximum Gasteiger partial charge on any atom is 0.309 e. The van der Waals surface area contributed by atoms with Crippen LogP contribution < -0.4 is 10.6 Å². The largest absolute Gasteiger partial charge is 0.351 e. The Morgan fingerprint density at radius 3 is 2.64 bits per heavy atom. The van der Waals surface area contributed by atoms with Gasteiger partial charge in [-0.1, -0.05) is 6.92 Å². The van der Waals surface area contributed by atoms with E-state index >= 15 is 0 Å². The molecule has 2 N–H and O–H groups in total. The Labute approximate surface area is 143 Å². The van der Waals surface area contributed by atoms with Gasteiger partial charge >= 0.3 is 5.69 Å². The zero-order valence-electron chi connectivity index (χ0n) is 14.1. The second-order valence-electron chi connectivity index (χ2n) is 5.36. The van der Waals surface area contributed by atoms with Crippen LogP contribution in [-0.2, 0) is 18.4 Å². The molecule has 11 heteroatoms. The van der Waals surface area contributed by atoms with Crippen LogP contribution in [-0.4, -0.2) is 42.8 Å². The average molecular weight is 349 g/mol. The van der Waals surface area contributed by atoms with Crippen molar-refractivity contribution in [2.45, 2.75) is 26.8 Å². The van der Waals surface area contributed by atoms with Crippen molar-refractivity contribution >= 4 is 23.2 Å². The molecule has 2 rings (SSSR count). The smallest absolute Gasteiger partial charge is 0.309 e. The fourth-order valence-corrected chi connectivity index (χ4v) is 2.22. The normalized spacial score (nSPS) is 10.5. The number of nitrogens with one attached hydrogen (secondary N) is 2. The molecule has 134 valence electrons. The molecular formula is C14H19N7O4. The maximum atomic E-state index is 12.2. The molecule has 11 nitrogen and oxygen atoms in total. The number of aryl methyl sites for hydroxylation is 1. The zero-order chi connectivity index (χ0) is 18.6. The van der Waals surface area contributed by atoms with Gasteiger partial charge in [0.2, 0.25) is 5.91 Å². The summed E-state index contributed by atoms with van der Waals surface area (Å²) in [4.78, 5) is 34.6. The van der Waals surface area contributed by atoms with Crippen molar-refractivity contribution in [1.82, 2.24) is 24.9 Å². The molecule has 0 saturated heterocycles. The molecule has 0 radical (unpaired) electrons. The van der Waals surface area contributed by atoms with Crippen LogP contribution in [0.5, 0.6) is 0 Å². The fourth-order valence-electron chi connectivity index (χ4n) is 2.22. The second kappa shape index (κ2) is 7.55. The van der Waals surface area contributed by atoms with Gasteiger partial charge in [-0.05, 0) is 13.3 Å². The van der Waals surface area contributed by atoms with Crippen LogP contribution in [0.15, 0.2) is 12.4 Å². The Bertz CT molecular complexity index is 808. The molecule has 0 aliphatic heterocycles. The highest BCUT2D eigenvalue weighted by molar-refractivity contribution is 6.02. The lowest BCUT2D eigenvalue weighted by molar-refractivity contribution is -0.385. The lowest BCUT2D eigenvalue weighted by Gasteiger charge is -2.09. The van der Waals surface area contributed by atoms with Gasteiger partial charge in [0.25, 0.3) is 5.91 Å². The van der Waals surface area contributed by atoms with Crippen molar-refractivity contribution in [3.8, 4) is 0 Å². The first-order valence-corrected chi connectivity index (χ1v) is 7.62. The standard InChI is InChI=1S/C14H19N7O4/c1-4-5-15-14(23)13-10(6-16-19(13)3)18-12(22)8-20-9(2)11(7-17-20)21(24)25/h6-7H,4-5,8H2,1-3H3,(H,15,23)(H,18,22). The molecule has 0 atom stereocenters. The van der Waals surface area contributed by atoms with Crippen LogP contribution in [0.25, 0.3) is 0 Å². The predicted molar refractivity (Wildman–Crippen MR) is 88.1 cm³/mol. The SMILES string of the molecule is CCCNC(=O)c1c(NC(=O)Cn2ncc([N+](=O)[O-])c2C)cnn1C. The van der Waals surface area contributed by atoms with Gasteiger partial charge < -0.3 is 10.6 Å². The van der Waals surface area contributed by atoms with Crippen molar-refractivity contribution in [3.05, 3.63) is 33.9 Å². The molecule has 2 aromatic rings. The summed E-state index contributed by atoms with van der Waals surface area (Å²) in [5, 5.41) is 23.9. The monoisotopic (exact) mass is 349 g/mol. The first kappa shape index (κ1) is 18.1. The molecule has 2 aromatic heterocycles. The Morgan fingerprint density at radius 2 is 2.04 bits per heavy atom. The highest BCUT2D eigenvalue weighted by Crippen LogP contribution is 2.17. The minimum Gasteiger partial charge on any atom is -0.351 e. The minimum absolute atomic E-state index is 0.159. The van der Waals surface area contributed by atoms with E-state index in [2.05, 4.69) is 20.8 Å². The molecule has 0 spiro atoms. The number of hydrogen-bond donors (Lipinski definition) is 2. The topological polar surface area (TPSA) is 137 Å². The van der Waals surface area contributed by atoms with E-state index in [9.17, 15) is 19.7 Å². The van der Waals surface area contributed by atoms with E-state index in [0.717, 1.165) is 12.6 Å². The van der Waals surface area contributed by atoms with Crippen molar-refractivity contribution in [2.24, 2.45) is 7.05 Å². The van der Waals surface area contributed by atoms with E-state index < -0.39 is 10.8 Å². The number of anilines is 1. The molecule has 0 unspecified atom stereocenters. The summed E-state index contributed by atoms with van der Waals surface area (Å²) in [5.74, 6) is -0.818. The van der Waals surface area contributed by atoms with Crippen molar-refractivity contribution in [1.29, 1.82) is 0 Å². The third-order valence-corrected chi connectivity index (χ3v) is 3.53. The number of nitrogens with zero attached hydrogens (tertiary/aromatic N) is 5. The van der Waals surface area contributed by atoms with E-state index in [0.29, 0.717) is 6.54 Å². The number of aromatic nitrogens is 4. The van der Waals surface area contributed by atoms with Gasteiger partial charge in [-0.25, -0.2) is 0 Å². The number of hydrogen-bond acceptors (Lipinski definition) is 6. The Kier molecular flexibility index (Phi) is 5.47. The summed E-state index contributed by atoms with van der Waals surface area (Å²) in [5.41, 5.74) is 0.603. The van der Waals surface area contributed by atoms with Crippen LogP contribution in [0.1, 0.15) is 29.5 Å². The van der Waals surface area contributed by atoms with E-state index in [1.807, 2.05) is 6.92 Å². The van der Waals surface area contributed by atoms with E-state index in [1.165, 1.54) is 22.5 Å². The number of nitro groups is 1. The van der Waals surface area contributed by atoms with Gasteiger partial charge in [-0.2, -0.15) is 10.2 Å². The highest BCUT2D eigenvalue weighted by atomic mass is 16.6. The summed E-state index contributed by atoms with van der Waals surface area (Å²) in [6.45, 7) is 3.72. The van der Waals surface area contributed by atoms with E-state index in [4.69, 9.17) is 0 Å². The van der Waals surface area contributed by atoms with Crippen LogP contribution in [0.3, 0.4) is 0 Å². The van der Waals surface area contributed by atoms with Crippen molar-refractivity contribution < 1.29 is 14.5 Å². The minimum atomic E-state index is -0.561. The number of carbonyl (C=O) groups is 2. The van der Waals surface area contributed by atoms with Crippen LogP contribution in [0, 0.1) is 17.0 Å². The first-order valence-electron chi connectivity index (χ1n) is 7.62. The summed E-state index contributed by atoms with van der Waals surface area (Å²) < 4.78 is 2.59. The van der Waals surface area contributed by atoms with Crippen molar-refractivity contribution in [3.63, 3.8) is 0 Å². The molecule has 0 saturated carbocycles. The molecule has 0 fully saturated rings. The summed E-state index contributed by atoms with van der Waals surface area (Å²) in [6.07, 6.45) is 3.25. The number of rotatable bonds is 7. The third-order valence-electron chi connectivity index (χ3n) is 3.53. The van der Waals surface area contributed by atoms with Gasteiger partial charge in [-0.15, -0.1) is 0 Å². The molecule has 0 bridgehead atoms. The Hall–Kier alpha value is -3.24. The fraction of sp³-hybridized carbons (Fsp3) is 0.429. The molecule has 0 aliphatic carbocycles. The Morgan fingerprint density at radius 1 is 1.32 bits per heavy atom. The van der Waals surface area contributed by atoms with Gasteiger partial charge in [-0.3, -0.25) is 29.1 Å². The van der Waals surface area contributed by atoms with Crippen LogP contribution >= 0.6 is 0 Å². The quantitative estimate of drug-likeness (QED) is 0.555. The summed E-state index contributed by atoms with van der Waals surface area (Å²) in [7, 11) is 1.59. The lowest BCUT2D eigenvalue weighted by Crippen LogP contribution is -2.28. The molecular weight excluding hydrogens is 330 g/mol. The van der Waals surface area contributed by atoms with Crippen molar-refractivity contribution in [2.75, 3.05) is 11.9 Å². The predicted octanol–water partition coefficient (Wildman–Crippen LogP) is 0.612. The summed E-state index contributed by atoms with van der Waals surface area (Å²) >= 11 is 0. The van der Waals surface area contributed by atoms with Gasteiger partial charge in [0.1, 0.15) is 24.1 Å². The molecule has 2 amide bonds. The molecule has 2 heterocycles. The second-order valence-corrected chi connectivity index (χ2v) is 5.36. The molecule has 25 heavy (non-hydrogen) atoms. The van der Waals surface area contributed by atoms with E-state index in [1.54, 1.807) is 7.05 Å². The molecule has 0 aromatic carbocycles. The molecule has 0 aliphatic rings. The number of amides is 2. The lowest BCUT2D eigenvalue weighted by atomic mass is 10.3. The Balaban J connectivity index is 2.11. The zero-order valence-corrected chi connectivity index (χ0v) is 14.1. The number of carbonyl (C=O) groups excluding carboxylic acids is 2. The van der Waals surface area contributed by atoms with E-state index in [-0.39, 0.29) is 35.2 Å². The first-order chi connectivity index (χ1) is 11.8. The van der Waals surface area contributed by atoms with Crippen LogP contribution in [0.4, 0.5) is 11.4 Å². The van der Waals surface area contributed by atoms with Gasteiger partial charge in [0, 0.05) is 13.6 Å². The maximum absolute atomic E-state index is 12.2. The highest BCUT2D eigenvalue weighted by Gasteiger charge is 2.21.